The third-order valence-corrected chi connectivity index (χ3v) is 4.27. The predicted octanol–water partition coefficient (Wildman–Crippen LogP) is 4.37. The first kappa shape index (κ1) is 12.7. The van der Waals surface area contributed by atoms with Crippen molar-refractivity contribution in [3.63, 3.8) is 0 Å². The van der Waals surface area contributed by atoms with Crippen molar-refractivity contribution in [1.82, 2.24) is 0 Å². The molecule has 2 rings (SSSR count). The molecular weight excluding hydrogens is 256 g/mol. The van der Waals surface area contributed by atoms with Crippen molar-refractivity contribution >= 4 is 22.9 Å². The second-order valence-corrected chi connectivity index (χ2v) is 6.48. The number of halogens is 1. The van der Waals surface area contributed by atoms with E-state index in [1.54, 1.807) is 23.5 Å². The zero-order valence-corrected chi connectivity index (χ0v) is 11.6. The summed E-state index contributed by atoms with van der Waals surface area (Å²) < 4.78 is 5.22. The van der Waals surface area contributed by atoms with Crippen molar-refractivity contribution in [3.05, 3.63) is 45.0 Å². The number of thiophene rings is 1. The lowest BCUT2D eigenvalue weighted by Crippen LogP contribution is -2.07. The van der Waals surface area contributed by atoms with E-state index >= 15 is 0 Å². The molecule has 0 saturated heterocycles. The summed E-state index contributed by atoms with van der Waals surface area (Å²) in [5, 5.41) is 10.4. The first-order valence-corrected chi connectivity index (χ1v) is 6.61. The summed E-state index contributed by atoms with van der Waals surface area (Å²) in [5.41, 5.74) is 0.101. The number of rotatable bonds is 2. The predicted molar refractivity (Wildman–Crippen MR) is 70.8 cm³/mol. The highest BCUT2D eigenvalue weighted by Crippen LogP contribution is 2.35. The summed E-state index contributed by atoms with van der Waals surface area (Å²) in [6.07, 6.45) is -0.733. The Morgan fingerprint density at radius 3 is 2.41 bits per heavy atom. The first-order chi connectivity index (χ1) is 7.88. The Hall–Kier alpha value is -0.770. The highest BCUT2D eigenvalue weighted by atomic mass is 35.5. The molecule has 1 unspecified atom stereocenters. The number of aliphatic hydroxyl groups is 1. The normalized spacial score (nSPS) is 13.9. The van der Waals surface area contributed by atoms with Crippen LogP contribution in [0.1, 0.15) is 42.4 Å². The summed E-state index contributed by atoms with van der Waals surface area (Å²) in [5.74, 6) is 0.484. The largest absolute Gasteiger partial charge is 0.447 e. The van der Waals surface area contributed by atoms with E-state index < -0.39 is 6.10 Å². The Balaban J connectivity index is 2.26. The fourth-order valence-electron chi connectivity index (χ4n) is 1.52. The van der Waals surface area contributed by atoms with Crippen LogP contribution in [0.3, 0.4) is 0 Å². The molecule has 0 fully saturated rings. The molecule has 0 saturated carbocycles. The fraction of sp³-hybridized carbons (Fsp3) is 0.385. The molecule has 0 aliphatic carbocycles. The van der Waals surface area contributed by atoms with Crippen LogP contribution in [-0.4, -0.2) is 5.11 Å². The van der Waals surface area contributed by atoms with Crippen molar-refractivity contribution in [2.24, 2.45) is 0 Å². The summed E-state index contributed by atoms with van der Waals surface area (Å²) in [7, 11) is 0. The van der Waals surface area contributed by atoms with Crippen LogP contribution < -0.4 is 0 Å². The lowest BCUT2D eigenvalue weighted by atomic mass is 9.95. The van der Waals surface area contributed by atoms with Crippen molar-refractivity contribution < 1.29 is 9.52 Å². The summed E-state index contributed by atoms with van der Waals surface area (Å²) in [6, 6.07) is 7.32. The van der Waals surface area contributed by atoms with Crippen LogP contribution in [-0.2, 0) is 5.41 Å². The van der Waals surface area contributed by atoms with Crippen molar-refractivity contribution in [2.75, 3.05) is 0 Å². The standard InChI is InChI=1S/C13H15ClO2S/c1-13(2,3)10-6-5-9(17-10)12(15)8-4-7-11(14)16-8/h4-7,12,15H,1-3H3. The summed E-state index contributed by atoms with van der Waals surface area (Å²) >= 11 is 7.29. The molecule has 0 amide bonds. The smallest absolute Gasteiger partial charge is 0.193 e. The average molecular weight is 271 g/mol. The van der Waals surface area contributed by atoms with Crippen LogP contribution in [0.25, 0.3) is 0 Å². The SMILES string of the molecule is CC(C)(C)c1ccc(C(O)c2ccc(Cl)o2)s1. The summed E-state index contributed by atoms with van der Waals surface area (Å²) in [4.78, 5) is 2.12. The molecule has 0 aliphatic rings. The molecule has 0 bridgehead atoms. The maximum absolute atomic E-state index is 10.1. The summed E-state index contributed by atoms with van der Waals surface area (Å²) in [6.45, 7) is 6.45. The van der Waals surface area contributed by atoms with Crippen molar-refractivity contribution in [1.29, 1.82) is 0 Å². The van der Waals surface area contributed by atoms with Gasteiger partial charge < -0.3 is 9.52 Å². The fourth-order valence-corrected chi connectivity index (χ4v) is 2.73. The van der Waals surface area contributed by atoms with Crippen molar-refractivity contribution in [3.8, 4) is 0 Å². The molecule has 2 heterocycles. The van der Waals surface area contributed by atoms with Crippen LogP contribution >= 0.6 is 22.9 Å². The molecule has 4 heteroatoms. The minimum absolute atomic E-state index is 0.101. The third kappa shape index (κ3) is 2.73. The minimum atomic E-state index is -0.733. The Morgan fingerprint density at radius 2 is 1.94 bits per heavy atom. The molecule has 17 heavy (non-hydrogen) atoms. The first-order valence-electron chi connectivity index (χ1n) is 5.41. The van der Waals surface area contributed by atoms with Gasteiger partial charge in [-0.2, -0.15) is 0 Å². The second-order valence-electron chi connectivity index (χ2n) is 5.00. The Bertz CT molecular complexity index is 507. The molecule has 2 aromatic heterocycles. The van der Waals surface area contributed by atoms with Crippen LogP contribution in [0.2, 0.25) is 5.22 Å². The van der Waals surface area contributed by atoms with E-state index in [-0.39, 0.29) is 5.41 Å². The maximum Gasteiger partial charge on any atom is 0.193 e. The van der Waals surface area contributed by atoms with Gasteiger partial charge in [-0.15, -0.1) is 11.3 Å². The zero-order chi connectivity index (χ0) is 12.6. The van der Waals surface area contributed by atoms with Gasteiger partial charge in [-0.1, -0.05) is 20.8 Å². The van der Waals surface area contributed by atoms with Gasteiger partial charge in [0.25, 0.3) is 0 Å². The van der Waals surface area contributed by atoms with Crippen LogP contribution in [0, 0.1) is 0 Å². The highest BCUT2D eigenvalue weighted by Gasteiger charge is 2.21. The molecule has 1 N–H and O–H groups in total. The number of furan rings is 1. The quantitative estimate of drug-likeness (QED) is 0.879. The lowest BCUT2D eigenvalue weighted by Gasteiger charge is -2.15. The molecule has 2 aromatic rings. The van der Waals surface area contributed by atoms with Crippen LogP contribution in [0.15, 0.2) is 28.7 Å². The average Bonchev–Trinajstić information content (AvgIpc) is 2.83. The van der Waals surface area contributed by atoms with Gasteiger partial charge in [0.15, 0.2) is 5.22 Å². The highest BCUT2D eigenvalue weighted by molar-refractivity contribution is 7.12. The minimum Gasteiger partial charge on any atom is -0.447 e. The van der Waals surface area contributed by atoms with E-state index in [4.69, 9.17) is 16.0 Å². The molecular formula is C13H15ClO2S. The van der Waals surface area contributed by atoms with E-state index in [0.29, 0.717) is 11.0 Å². The number of hydrogen-bond donors (Lipinski definition) is 1. The Kier molecular flexibility index (Phi) is 3.34. The lowest BCUT2D eigenvalue weighted by molar-refractivity contribution is 0.193. The van der Waals surface area contributed by atoms with Gasteiger partial charge in [0.1, 0.15) is 11.9 Å². The monoisotopic (exact) mass is 270 g/mol. The molecule has 0 aromatic carbocycles. The van der Waals surface area contributed by atoms with E-state index in [9.17, 15) is 5.11 Å². The number of aliphatic hydroxyl groups excluding tert-OH is 1. The number of hydrogen-bond acceptors (Lipinski definition) is 3. The topological polar surface area (TPSA) is 33.4 Å². The Morgan fingerprint density at radius 1 is 1.24 bits per heavy atom. The van der Waals surface area contributed by atoms with Crippen LogP contribution in [0.4, 0.5) is 0 Å². The maximum atomic E-state index is 10.1. The van der Waals surface area contributed by atoms with E-state index in [2.05, 4.69) is 20.8 Å². The van der Waals surface area contributed by atoms with Gasteiger partial charge in [-0.05, 0) is 41.3 Å². The molecule has 2 nitrogen and oxygen atoms in total. The molecule has 0 radical (unpaired) electrons. The third-order valence-electron chi connectivity index (χ3n) is 2.50. The van der Waals surface area contributed by atoms with Gasteiger partial charge in [0, 0.05) is 9.75 Å². The van der Waals surface area contributed by atoms with Gasteiger partial charge in [0.05, 0.1) is 0 Å². The zero-order valence-electron chi connectivity index (χ0n) is 10.0. The molecule has 0 spiro atoms. The van der Waals surface area contributed by atoms with Gasteiger partial charge in [-0.3, -0.25) is 0 Å². The Labute approximate surface area is 110 Å². The van der Waals surface area contributed by atoms with Crippen LogP contribution in [0.5, 0.6) is 0 Å². The van der Waals surface area contributed by atoms with Gasteiger partial charge in [0.2, 0.25) is 0 Å². The molecule has 92 valence electrons. The van der Waals surface area contributed by atoms with E-state index in [1.165, 1.54) is 4.88 Å². The van der Waals surface area contributed by atoms with Gasteiger partial charge >= 0.3 is 0 Å². The van der Waals surface area contributed by atoms with Crippen molar-refractivity contribution in [2.45, 2.75) is 32.3 Å². The second kappa shape index (κ2) is 4.48. The molecule has 1 atom stereocenters. The molecule has 0 aliphatic heterocycles. The van der Waals surface area contributed by atoms with Gasteiger partial charge in [-0.25, -0.2) is 0 Å². The van der Waals surface area contributed by atoms with E-state index in [1.807, 2.05) is 12.1 Å². The van der Waals surface area contributed by atoms with E-state index in [0.717, 1.165) is 4.88 Å².